The minimum atomic E-state index is 0.588. The van der Waals surface area contributed by atoms with Crippen LogP contribution in [-0.2, 0) is 6.54 Å². The topological polar surface area (TPSA) is 15.3 Å². The molecule has 0 radical (unpaired) electrons. The van der Waals surface area contributed by atoms with Gasteiger partial charge in [-0.25, -0.2) is 0 Å². The standard InChI is InChI=1S/C18H28N2/c1-13(2)20(12-15-4-5-15)18-9-6-16(14(3)10-18)11-19-17-7-8-17/h6,9-10,13,15,17,19H,4-5,7-8,11-12H2,1-3H3. The van der Waals surface area contributed by atoms with Crippen LogP contribution >= 0.6 is 0 Å². The second-order valence-corrected chi connectivity index (χ2v) is 6.96. The van der Waals surface area contributed by atoms with E-state index in [1.807, 2.05) is 0 Å². The highest BCUT2D eigenvalue weighted by Crippen LogP contribution is 2.33. The van der Waals surface area contributed by atoms with Crippen LogP contribution < -0.4 is 10.2 Å². The summed E-state index contributed by atoms with van der Waals surface area (Å²) in [5.41, 5.74) is 4.28. The van der Waals surface area contributed by atoms with Crippen LogP contribution in [0.25, 0.3) is 0 Å². The summed E-state index contributed by atoms with van der Waals surface area (Å²) < 4.78 is 0. The number of aryl methyl sites for hydroxylation is 1. The number of anilines is 1. The van der Waals surface area contributed by atoms with Gasteiger partial charge < -0.3 is 10.2 Å². The van der Waals surface area contributed by atoms with E-state index >= 15 is 0 Å². The van der Waals surface area contributed by atoms with Gasteiger partial charge in [0.1, 0.15) is 0 Å². The molecule has 3 rings (SSSR count). The summed E-state index contributed by atoms with van der Waals surface area (Å²) in [5.74, 6) is 0.939. The minimum absolute atomic E-state index is 0.588. The lowest BCUT2D eigenvalue weighted by atomic mass is 10.1. The SMILES string of the molecule is Cc1cc(N(CC2CC2)C(C)C)ccc1CNC1CC1. The van der Waals surface area contributed by atoms with Crippen LogP contribution in [0.3, 0.4) is 0 Å². The maximum atomic E-state index is 3.61. The molecule has 1 aromatic carbocycles. The lowest BCUT2D eigenvalue weighted by molar-refractivity contribution is 0.643. The fourth-order valence-electron chi connectivity index (χ4n) is 2.79. The molecule has 0 saturated heterocycles. The molecule has 0 bridgehead atoms. The Bertz CT molecular complexity index is 458. The first-order chi connectivity index (χ1) is 9.63. The highest BCUT2D eigenvalue weighted by atomic mass is 15.2. The number of hydrogen-bond acceptors (Lipinski definition) is 2. The van der Waals surface area contributed by atoms with E-state index in [9.17, 15) is 0 Å². The number of hydrogen-bond donors (Lipinski definition) is 1. The molecule has 2 saturated carbocycles. The first kappa shape index (κ1) is 13.9. The molecule has 0 aromatic heterocycles. The molecule has 0 spiro atoms. The third-order valence-corrected chi connectivity index (χ3v) is 4.59. The third kappa shape index (κ3) is 3.54. The first-order valence-electron chi connectivity index (χ1n) is 8.23. The predicted octanol–water partition coefficient (Wildman–Crippen LogP) is 3.87. The number of rotatable bonds is 7. The van der Waals surface area contributed by atoms with Crippen molar-refractivity contribution in [2.24, 2.45) is 5.92 Å². The second-order valence-electron chi connectivity index (χ2n) is 6.96. The normalized spacial score (nSPS) is 18.6. The summed E-state index contributed by atoms with van der Waals surface area (Å²) in [6, 6.07) is 8.40. The molecule has 0 heterocycles. The fraction of sp³-hybridized carbons (Fsp3) is 0.667. The molecule has 2 nitrogen and oxygen atoms in total. The van der Waals surface area contributed by atoms with Crippen LogP contribution in [0.2, 0.25) is 0 Å². The second kappa shape index (κ2) is 5.77. The van der Waals surface area contributed by atoms with E-state index in [2.05, 4.69) is 49.2 Å². The van der Waals surface area contributed by atoms with Gasteiger partial charge in [0.05, 0.1) is 0 Å². The summed E-state index contributed by atoms with van der Waals surface area (Å²) >= 11 is 0. The Labute approximate surface area is 123 Å². The molecular formula is C18H28N2. The molecule has 1 N–H and O–H groups in total. The number of benzene rings is 1. The molecule has 2 heteroatoms. The van der Waals surface area contributed by atoms with E-state index in [-0.39, 0.29) is 0 Å². The van der Waals surface area contributed by atoms with Gasteiger partial charge in [-0.15, -0.1) is 0 Å². The molecule has 0 amide bonds. The van der Waals surface area contributed by atoms with E-state index < -0.39 is 0 Å². The molecule has 110 valence electrons. The third-order valence-electron chi connectivity index (χ3n) is 4.59. The van der Waals surface area contributed by atoms with E-state index in [0.717, 1.165) is 18.5 Å². The van der Waals surface area contributed by atoms with Crippen molar-refractivity contribution in [3.63, 3.8) is 0 Å². The van der Waals surface area contributed by atoms with Crippen molar-refractivity contribution < 1.29 is 0 Å². The summed E-state index contributed by atoms with van der Waals surface area (Å²) in [6.07, 6.45) is 5.57. The van der Waals surface area contributed by atoms with E-state index in [1.165, 1.54) is 49.0 Å². The van der Waals surface area contributed by atoms with Gasteiger partial charge in [0.25, 0.3) is 0 Å². The minimum Gasteiger partial charge on any atom is -0.369 e. The molecule has 2 aliphatic carbocycles. The van der Waals surface area contributed by atoms with Crippen molar-refractivity contribution in [3.8, 4) is 0 Å². The van der Waals surface area contributed by atoms with Gasteiger partial charge >= 0.3 is 0 Å². The van der Waals surface area contributed by atoms with E-state index in [1.54, 1.807) is 0 Å². The quantitative estimate of drug-likeness (QED) is 0.810. The fourth-order valence-corrected chi connectivity index (χ4v) is 2.79. The van der Waals surface area contributed by atoms with Gasteiger partial charge in [-0.3, -0.25) is 0 Å². The average Bonchev–Trinajstić information content (AvgIpc) is 3.28. The van der Waals surface area contributed by atoms with Crippen LogP contribution in [0.1, 0.15) is 50.7 Å². The number of nitrogens with one attached hydrogen (secondary N) is 1. The first-order valence-corrected chi connectivity index (χ1v) is 8.23. The average molecular weight is 272 g/mol. The monoisotopic (exact) mass is 272 g/mol. The highest BCUT2D eigenvalue weighted by molar-refractivity contribution is 5.51. The maximum absolute atomic E-state index is 3.61. The van der Waals surface area contributed by atoms with E-state index in [4.69, 9.17) is 0 Å². The molecule has 0 atom stereocenters. The predicted molar refractivity (Wildman–Crippen MR) is 86.2 cm³/mol. The molecule has 20 heavy (non-hydrogen) atoms. The van der Waals surface area contributed by atoms with Crippen molar-refractivity contribution in [2.45, 2.75) is 65.1 Å². The summed E-state index contributed by atoms with van der Waals surface area (Å²) in [7, 11) is 0. The lowest BCUT2D eigenvalue weighted by Gasteiger charge is -2.30. The van der Waals surface area contributed by atoms with Gasteiger partial charge in [-0.1, -0.05) is 6.07 Å². The maximum Gasteiger partial charge on any atom is 0.0371 e. The van der Waals surface area contributed by atoms with Gasteiger partial charge in [-0.2, -0.15) is 0 Å². The molecule has 0 unspecified atom stereocenters. The Morgan fingerprint density at radius 1 is 1.20 bits per heavy atom. The molecule has 0 aliphatic heterocycles. The zero-order valence-electron chi connectivity index (χ0n) is 13.2. The van der Waals surface area contributed by atoms with Crippen molar-refractivity contribution in [3.05, 3.63) is 29.3 Å². The van der Waals surface area contributed by atoms with Gasteiger partial charge in [-0.05, 0) is 75.6 Å². The Morgan fingerprint density at radius 2 is 1.95 bits per heavy atom. The van der Waals surface area contributed by atoms with Crippen LogP contribution in [0.5, 0.6) is 0 Å². The largest absolute Gasteiger partial charge is 0.369 e. The summed E-state index contributed by atoms with van der Waals surface area (Å²) in [5, 5.41) is 3.61. The van der Waals surface area contributed by atoms with Crippen molar-refractivity contribution in [2.75, 3.05) is 11.4 Å². The molecular weight excluding hydrogens is 244 g/mol. The van der Waals surface area contributed by atoms with Gasteiger partial charge in [0.15, 0.2) is 0 Å². The molecule has 2 fully saturated rings. The van der Waals surface area contributed by atoms with Crippen LogP contribution in [0.15, 0.2) is 18.2 Å². The van der Waals surface area contributed by atoms with Crippen molar-refractivity contribution in [1.82, 2.24) is 5.32 Å². The Kier molecular flexibility index (Phi) is 4.02. The van der Waals surface area contributed by atoms with E-state index in [0.29, 0.717) is 6.04 Å². The Balaban J connectivity index is 1.69. The van der Waals surface area contributed by atoms with Crippen LogP contribution in [0, 0.1) is 12.8 Å². The van der Waals surface area contributed by atoms with Crippen molar-refractivity contribution in [1.29, 1.82) is 0 Å². The van der Waals surface area contributed by atoms with Gasteiger partial charge in [0.2, 0.25) is 0 Å². The van der Waals surface area contributed by atoms with Crippen molar-refractivity contribution >= 4 is 5.69 Å². The lowest BCUT2D eigenvalue weighted by Crippen LogP contribution is -2.32. The highest BCUT2D eigenvalue weighted by Gasteiger charge is 2.26. The zero-order chi connectivity index (χ0) is 14.1. The summed E-state index contributed by atoms with van der Waals surface area (Å²) in [4.78, 5) is 2.57. The smallest absolute Gasteiger partial charge is 0.0371 e. The molecule has 1 aromatic rings. The van der Waals surface area contributed by atoms with Crippen LogP contribution in [0.4, 0.5) is 5.69 Å². The Morgan fingerprint density at radius 3 is 2.50 bits per heavy atom. The Hall–Kier alpha value is -1.02. The number of nitrogens with zero attached hydrogens (tertiary/aromatic N) is 1. The van der Waals surface area contributed by atoms with Gasteiger partial charge in [0, 0.05) is 30.9 Å². The zero-order valence-corrected chi connectivity index (χ0v) is 13.2. The summed E-state index contributed by atoms with van der Waals surface area (Å²) in [6.45, 7) is 9.13. The molecule has 2 aliphatic rings. The van der Waals surface area contributed by atoms with Crippen LogP contribution in [-0.4, -0.2) is 18.6 Å².